The predicted octanol–water partition coefficient (Wildman–Crippen LogP) is 2.28. The summed E-state index contributed by atoms with van der Waals surface area (Å²) in [5.41, 5.74) is 8.31. The molecule has 0 aliphatic rings. The van der Waals surface area contributed by atoms with E-state index in [2.05, 4.69) is 17.6 Å². The van der Waals surface area contributed by atoms with Crippen molar-refractivity contribution in [2.75, 3.05) is 0 Å². The lowest BCUT2D eigenvalue weighted by molar-refractivity contribution is 0.0995. The van der Waals surface area contributed by atoms with Crippen molar-refractivity contribution in [3.8, 4) is 11.3 Å². The number of hydrogen-bond donors (Lipinski definition) is 2. The molecule has 1 heterocycles. The van der Waals surface area contributed by atoms with Gasteiger partial charge in [-0.25, -0.2) is 4.98 Å². The van der Waals surface area contributed by atoms with Gasteiger partial charge < -0.3 is 5.73 Å². The van der Waals surface area contributed by atoms with Gasteiger partial charge in [-0.3, -0.25) is 4.79 Å². The molecule has 0 aliphatic heterocycles. The van der Waals surface area contributed by atoms with Crippen molar-refractivity contribution >= 4 is 18.5 Å². The molecule has 0 bridgehead atoms. The Hall–Kier alpha value is -1.81. The van der Waals surface area contributed by atoms with Gasteiger partial charge in [-0.15, -0.1) is 0 Å². The van der Waals surface area contributed by atoms with Gasteiger partial charge in [0.2, 0.25) is 0 Å². The number of carbonyl (C=O) groups is 1. The first-order valence-corrected chi connectivity index (χ1v) is 5.81. The van der Waals surface area contributed by atoms with Crippen LogP contribution in [0, 0.1) is 0 Å². The van der Waals surface area contributed by atoms with E-state index in [9.17, 15) is 4.79 Å². The van der Waals surface area contributed by atoms with Gasteiger partial charge in [-0.2, -0.15) is 12.6 Å². The number of rotatable bonds is 3. The highest BCUT2D eigenvalue weighted by Gasteiger charge is 2.04. The van der Waals surface area contributed by atoms with Crippen molar-refractivity contribution in [2.45, 2.75) is 5.75 Å². The summed E-state index contributed by atoms with van der Waals surface area (Å²) >= 11 is 4.20. The van der Waals surface area contributed by atoms with E-state index in [1.165, 1.54) is 0 Å². The zero-order valence-corrected chi connectivity index (χ0v) is 10.0. The number of primary amides is 1. The highest BCUT2D eigenvalue weighted by molar-refractivity contribution is 7.79. The Bertz CT molecular complexity index is 537. The van der Waals surface area contributed by atoms with E-state index in [1.54, 1.807) is 12.1 Å². The summed E-state index contributed by atoms with van der Waals surface area (Å²) in [6.45, 7) is 0. The monoisotopic (exact) mass is 244 g/mol. The second-order valence-corrected chi connectivity index (χ2v) is 3.94. The SMILES string of the molecule is NC(=O)c1cccc(-c2ccc(CS)cc2)n1. The molecule has 0 unspecified atom stereocenters. The normalized spacial score (nSPS) is 10.2. The number of amides is 1. The Morgan fingerprint density at radius 1 is 1.18 bits per heavy atom. The highest BCUT2D eigenvalue weighted by Crippen LogP contribution is 2.18. The van der Waals surface area contributed by atoms with Crippen molar-refractivity contribution < 1.29 is 4.79 Å². The lowest BCUT2D eigenvalue weighted by Gasteiger charge is -2.03. The highest BCUT2D eigenvalue weighted by atomic mass is 32.1. The Balaban J connectivity index is 2.38. The topological polar surface area (TPSA) is 56.0 Å². The number of hydrogen-bond acceptors (Lipinski definition) is 3. The van der Waals surface area contributed by atoms with Crippen LogP contribution >= 0.6 is 12.6 Å². The number of thiol groups is 1. The summed E-state index contributed by atoms with van der Waals surface area (Å²) in [5.74, 6) is 0.188. The quantitative estimate of drug-likeness (QED) is 0.814. The molecule has 0 spiro atoms. The largest absolute Gasteiger partial charge is 0.364 e. The number of aromatic nitrogens is 1. The minimum atomic E-state index is -0.515. The van der Waals surface area contributed by atoms with E-state index in [1.807, 2.05) is 30.3 Å². The van der Waals surface area contributed by atoms with Crippen molar-refractivity contribution in [3.63, 3.8) is 0 Å². The van der Waals surface area contributed by atoms with Crippen molar-refractivity contribution in [1.29, 1.82) is 0 Å². The van der Waals surface area contributed by atoms with E-state index in [0.717, 1.165) is 16.8 Å². The lowest BCUT2D eigenvalue weighted by atomic mass is 10.1. The average molecular weight is 244 g/mol. The third-order valence-corrected chi connectivity index (χ3v) is 2.80. The number of benzene rings is 1. The summed E-state index contributed by atoms with van der Waals surface area (Å²) in [5, 5.41) is 0. The molecule has 3 nitrogen and oxygen atoms in total. The van der Waals surface area contributed by atoms with E-state index in [4.69, 9.17) is 5.73 Å². The van der Waals surface area contributed by atoms with E-state index < -0.39 is 5.91 Å². The Labute approximate surface area is 105 Å². The lowest BCUT2D eigenvalue weighted by Crippen LogP contribution is -2.12. The molecular weight excluding hydrogens is 232 g/mol. The average Bonchev–Trinajstić information content (AvgIpc) is 2.39. The Morgan fingerprint density at radius 3 is 2.47 bits per heavy atom. The number of pyridine rings is 1. The second kappa shape index (κ2) is 5.01. The van der Waals surface area contributed by atoms with Crippen LogP contribution in [0.4, 0.5) is 0 Å². The van der Waals surface area contributed by atoms with Crippen LogP contribution in [0.15, 0.2) is 42.5 Å². The first kappa shape index (κ1) is 11.7. The molecule has 0 aliphatic carbocycles. The standard InChI is InChI=1S/C13H12N2OS/c14-13(16)12-3-1-2-11(15-12)10-6-4-9(8-17)5-7-10/h1-7,17H,8H2,(H2,14,16). The van der Waals surface area contributed by atoms with E-state index >= 15 is 0 Å². The van der Waals surface area contributed by atoms with Gasteiger partial charge in [0.05, 0.1) is 5.69 Å². The summed E-state index contributed by atoms with van der Waals surface area (Å²) in [7, 11) is 0. The second-order valence-electron chi connectivity index (χ2n) is 3.63. The zero-order chi connectivity index (χ0) is 12.3. The molecule has 0 saturated heterocycles. The van der Waals surface area contributed by atoms with Gasteiger partial charge in [0.15, 0.2) is 0 Å². The van der Waals surface area contributed by atoms with Gasteiger partial charge in [0.25, 0.3) is 5.91 Å². The van der Waals surface area contributed by atoms with Gasteiger partial charge >= 0.3 is 0 Å². The third kappa shape index (κ3) is 2.65. The smallest absolute Gasteiger partial charge is 0.267 e. The van der Waals surface area contributed by atoms with Gasteiger partial charge in [0.1, 0.15) is 5.69 Å². The van der Waals surface area contributed by atoms with Crippen LogP contribution in [0.2, 0.25) is 0 Å². The molecule has 2 N–H and O–H groups in total. The maximum Gasteiger partial charge on any atom is 0.267 e. The molecule has 1 aromatic heterocycles. The first-order valence-electron chi connectivity index (χ1n) is 5.18. The molecule has 0 radical (unpaired) electrons. The van der Waals surface area contributed by atoms with Crippen LogP contribution in [-0.2, 0) is 5.75 Å². The predicted molar refractivity (Wildman–Crippen MR) is 70.9 cm³/mol. The van der Waals surface area contributed by atoms with E-state index in [0.29, 0.717) is 5.75 Å². The molecule has 1 aromatic carbocycles. The molecule has 4 heteroatoms. The molecule has 0 fully saturated rings. The van der Waals surface area contributed by atoms with Crippen LogP contribution < -0.4 is 5.73 Å². The van der Waals surface area contributed by atoms with Crippen LogP contribution in [-0.4, -0.2) is 10.9 Å². The molecule has 1 amide bonds. The molecule has 2 rings (SSSR count). The fourth-order valence-corrected chi connectivity index (χ4v) is 1.72. The number of carbonyl (C=O) groups excluding carboxylic acids is 1. The number of nitrogens with two attached hydrogens (primary N) is 1. The maximum absolute atomic E-state index is 11.0. The van der Waals surface area contributed by atoms with Crippen LogP contribution in [0.5, 0.6) is 0 Å². The maximum atomic E-state index is 11.0. The molecule has 2 aromatic rings. The molecular formula is C13H12N2OS. The van der Waals surface area contributed by atoms with Gasteiger partial charge in [-0.1, -0.05) is 30.3 Å². The zero-order valence-electron chi connectivity index (χ0n) is 9.13. The van der Waals surface area contributed by atoms with Crippen LogP contribution in [0.3, 0.4) is 0 Å². The summed E-state index contributed by atoms with van der Waals surface area (Å²) in [4.78, 5) is 15.2. The first-order chi connectivity index (χ1) is 8.20. The van der Waals surface area contributed by atoms with Crippen LogP contribution in [0.1, 0.15) is 16.1 Å². The molecule has 17 heavy (non-hydrogen) atoms. The van der Waals surface area contributed by atoms with Gasteiger partial charge in [0, 0.05) is 11.3 Å². The molecule has 0 saturated carbocycles. The Morgan fingerprint density at radius 2 is 1.88 bits per heavy atom. The van der Waals surface area contributed by atoms with Crippen molar-refractivity contribution in [1.82, 2.24) is 4.98 Å². The summed E-state index contributed by atoms with van der Waals surface area (Å²) in [6, 6.07) is 13.1. The van der Waals surface area contributed by atoms with Gasteiger partial charge in [-0.05, 0) is 17.7 Å². The summed E-state index contributed by atoms with van der Waals surface area (Å²) in [6.07, 6.45) is 0. The summed E-state index contributed by atoms with van der Waals surface area (Å²) < 4.78 is 0. The van der Waals surface area contributed by atoms with E-state index in [-0.39, 0.29) is 5.69 Å². The van der Waals surface area contributed by atoms with Crippen molar-refractivity contribution in [3.05, 3.63) is 53.7 Å². The number of nitrogens with zero attached hydrogens (tertiary/aromatic N) is 1. The molecule has 86 valence electrons. The molecule has 0 atom stereocenters. The minimum Gasteiger partial charge on any atom is -0.364 e. The fourth-order valence-electron chi connectivity index (χ4n) is 1.51. The van der Waals surface area contributed by atoms with Crippen molar-refractivity contribution in [2.24, 2.45) is 5.73 Å². The third-order valence-electron chi connectivity index (χ3n) is 2.43. The Kier molecular flexibility index (Phi) is 3.44. The fraction of sp³-hybridized carbons (Fsp3) is 0.0769. The minimum absolute atomic E-state index is 0.278. The van der Waals surface area contributed by atoms with Crippen LogP contribution in [0.25, 0.3) is 11.3 Å².